The maximum atomic E-state index is 12.8. The van der Waals surface area contributed by atoms with Gasteiger partial charge in [0.2, 0.25) is 5.91 Å². The molecule has 2 aliphatic rings. The lowest BCUT2D eigenvalue weighted by atomic mass is 10.0. The summed E-state index contributed by atoms with van der Waals surface area (Å²) in [5.74, 6) is -0.196. The highest BCUT2D eigenvalue weighted by atomic mass is 16.2. The minimum Gasteiger partial charge on any atom is -0.376 e. The monoisotopic (exact) mass is 358 g/mol. The molecule has 0 radical (unpaired) electrons. The zero-order chi connectivity index (χ0) is 18.7. The Balaban J connectivity index is 1.63. The summed E-state index contributed by atoms with van der Waals surface area (Å²) >= 11 is 0. The van der Waals surface area contributed by atoms with Crippen molar-refractivity contribution in [3.8, 4) is 0 Å². The summed E-state index contributed by atoms with van der Waals surface area (Å²) in [7, 11) is 0. The average Bonchev–Trinajstić information content (AvgIpc) is 3.06. The number of piperidine rings is 1. The quantitative estimate of drug-likeness (QED) is 0.862. The molecular formula is C19H26N4O3. The molecule has 0 unspecified atom stereocenters. The number of amides is 4. The highest BCUT2D eigenvalue weighted by molar-refractivity contribution is 5.98. The fraction of sp³-hybridized carbons (Fsp3) is 0.526. The summed E-state index contributed by atoms with van der Waals surface area (Å²) in [6.07, 6.45) is 3.29. The Labute approximate surface area is 153 Å². The van der Waals surface area contributed by atoms with E-state index in [-0.39, 0.29) is 30.4 Å². The third kappa shape index (κ3) is 3.81. The summed E-state index contributed by atoms with van der Waals surface area (Å²) in [6.45, 7) is 5.76. The van der Waals surface area contributed by atoms with Crippen molar-refractivity contribution in [2.75, 3.05) is 31.5 Å². The molecular weight excluding hydrogens is 332 g/mol. The van der Waals surface area contributed by atoms with E-state index in [2.05, 4.69) is 17.6 Å². The van der Waals surface area contributed by atoms with Gasteiger partial charge in [0, 0.05) is 36.9 Å². The highest BCUT2D eigenvalue weighted by Crippen LogP contribution is 2.22. The molecule has 7 heteroatoms. The number of carbonyl (C=O) groups excluding carboxylic acids is 3. The van der Waals surface area contributed by atoms with E-state index in [1.54, 1.807) is 6.07 Å². The predicted octanol–water partition coefficient (Wildman–Crippen LogP) is 1.97. The van der Waals surface area contributed by atoms with Gasteiger partial charge in [0.15, 0.2) is 0 Å². The summed E-state index contributed by atoms with van der Waals surface area (Å²) < 4.78 is 0. The first-order valence-corrected chi connectivity index (χ1v) is 9.21. The van der Waals surface area contributed by atoms with Crippen LogP contribution in [-0.2, 0) is 4.79 Å². The fourth-order valence-corrected chi connectivity index (χ4v) is 3.54. The van der Waals surface area contributed by atoms with Crippen molar-refractivity contribution in [3.63, 3.8) is 0 Å². The van der Waals surface area contributed by atoms with Crippen LogP contribution < -0.4 is 10.6 Å². The standard InChI is InChI=1S/C19H26N4O3/c1-13-11-15(18(25)22-9-4-3-5-14(22)2)6-7-16(13)21-12-17(24)23-10-8-20-19(23)26/h6-7,11,14,21H,3-5,8-10,12H2,1-2H3,(H,20,26)/t14-/m0/s1. The molecule has 0 aromatic heterocycles. The topological polar surface area (TPSA) is 81.8 Å². The van der Waals surface area contributed by atoms with Crippen LogP contribution in [0.15, 0.2) is 18.2 Å². The molecule has 140 valence electrons. The van der Waals surface area contributed by atoms with E-state index in [1.807, 2.05) is 24.0 Å². The lowest BCUT2D eigenvalue weighted by molar-refractivity contribution is -0.125. The molecule has 0 bridgehead atoms. The van der Waals surface area contributed by atoms with Crippen LogP contribution in [0.2, 0.25) is 0 Å². The molecule has 1 aromatic carbocycles. The molecule has 2 fully saturated rings. The number of nitrogens with one attached hydrogen (secondary N) is 2. The van der Waals surface area contributed by atoms with Crippen molar-refractivity contribution < 1.29 is 14.4 Å². The zero-order valence-corrected chi connectivity index (χ0v) is 15.4. The normalized spacial score (nSPS) is 20.1. The van der Waals surface area contributed by atoms with Crippen molar-refractivity contribution in [3.05, 3.63) is 29.3 Å². The molecule has 26 heavy (non-hydrogen) atoms. The Hall–Kier alpha value is -2.57. The number of hydrogen-bond donors (Lipinski definition) is 2. The third-order valence-electron chi connectivity index (χ3n) is 5.13. The van der Waals surface area contributed by atoms with E-state index in [9.17, 15) is 14.4 Å². The molecule has 0 saturated carbocycles. The summed E-state index contributed by atoms with van der Waals surface area (Å²) in [5.41, 5.74) is 2.37. The average molecular weight is 358 g/mol. The van der Waals surface area contributed by atoms with Crippen LogP contribution in [0.25, 0.3) is 0 Å². The van der Waals surface area contributed by atoms with Crippen LogP contribution in [0.5, 0.6) is 0 Å². The van der Waals surface area contributed by atoms with Gasteiger partial charge in [-0.15, -0.1) is 0 Å². The van der Waals surface area contributed by atoms with Crippen LogP contribution in [-0.4, -0.2) is 59.9 Å². The Morgan fingerprint density at radius 3 is 2.73 bits per heavy atom. The Bertz CT molecular complexity index is 719. The van der Waals surface area contributed by atoms with Gasteiger partial charge in [0.1, 0.15) is 0 Å². The number of carbonyl (C=O) groups is 3. The SMILES string of the molecule is Cc1cc(C(=O)N2CCCC[C@@H]2C)ccc1NCC(=O)N1CCNC1=O. The lowest BCUT2D eigenvalue weighted by Gasteiger charge is -2.33. The zero-order valence-electron chi connectivity index (χ0n) is 15.4. The van der Waals surface area contributed by atoms with Gasteiger partial charge < -0.3 is 15.5 Å². The molecule has 4 amide bonds. The third-order valence-corrected chi connectivity index (χ3v) is 5.13. The first-order chi connectivity index (χ1) is 12.5. The van der Waals surface area contributed by atoms with Crippen molar-refractivity contribution in [1.82, 2.24) is 15.1 Å². The number of nitrogens with zero attached hydrogens (tertiary/aromatic N) is 2. The number of benzene rings is 1. The number of anilines is 1. The Kier molecular flexibility index (Phi) is 5.44. The lowest BCUT2D eigenvalue weighted by Crippen LogP contribution is -2.42. The van der Waals surface area contributed by atoms with Crippen molar-refractivity contribution in [2.24, 2.45) is 0 Å². The minimum atomic E-state index is -0.342. The number of imide groups is 1. The molecule has 2 aliphatic heterocycles. The largest absolute Gasteiger partial charge is 0.376 e. The minimum absolute atomic E-state index is 0.0463. The number of urea groups is 1. The first kappa shape index (κ1) is 18.2. The van der Waals surface area contributed by atoms with Crippen LogP contribution in [0.4, 0.5) is 10.5 Å². The van der Waals surface area contributed by atoms with E-state index >= 15 is 0 Å². The molecule has 2 saturated heterocycles. The number of likely N-dealkylation sites (tertiary alicyclic amines) is 1. The van der Waals surface area contributed by atoms with Gasteiger partial charge in [-0.1, -0.05) is 0 Å². The Morgan fingerprint density at radius 1 is 1.27 bits per heavy atom. The smallest absolute Gasteiger partial charge is 0.324 e. The van der Waals surface area contributed by atoms with E-state index in [0.717, 1.165) is 30.6 Å². The van der Waals surface area contributed by atoms with Gasteiger partial charge in [-0.25, -0.2) is 4.79 Å². The van der Waals surface area contributed by atoms with Crippen LogP contribution >= 0.6 is 0 Å². The molecule has 2 N–H and O–H groups in total. The van der Waals surface area contributed by atoms with Crippen LogP contribution in [0.1, 0.15) is 42.1 Å². The van der Waals surface area contributed by atoms with E-state index in [0.29, 0.717) is 18.7 Å². The second-order valence-corrected chi connectivity index (χ2v) is 7.00. The molecule has 1 atom stereocenters. The summed E-state index contributed by atoms with van der Waals surface area (Å²) in [6, 6.07) is 5.42. The predicted molar refractivity (Wildman–Crippen MR) is 99.1 cm³/mol. The van der Waals surface area contributed by atoms with Crippen molar-refractivity contribution >= 4 is 23.5 Å². The van der Waals surface area contributed by atoms with Crippen LogP contribution in [0, 0.1) is 6.92 Å². The number of aryl methyl sites for hydroxylation is 1. The summed E-state index contributed by atoms with van der Waals surface area (Å²) in [5, 5.41) is 5.68. The molecule has 0 aliphatic carbocycles. The van der Waals surface area contributed by atoms with E-state index < -0.39 is 0 Å². The number of hydrogen-bond acceptors (Lipinski definition) is 4. The van der Waals surface area contributed by atoms with Crippen molar-refractivity contribution in [1.29, 1.82) is 0 Å². The van der Waals surface area contributed by atoms with Gasteiger partial charge in [0.25, 0.3) is 5.91 Å². The van der Waals surface area contributed by atoms with Crippen LogP contribution in [0.3, 0.4) is 0 Å². The maximum Gasteiger partial charge on any atom is 0.324 e. The molecule has 7 nitrogen and oxygen atoms in total. The summed E-state index contributed by atoms with van der Waals surface area (Å²) in [4.78, 5) is 39.5. The van der Waals surface area contributed by atoms with Gasteiger partial charge in [-0.05, 0) is 56.9 Å². The van der Waals surface area contributed by atoms with Gasteiger partial charge >= 0.3 is 6.03 Å². The molecule has 1 aromatic rings. The molecule has 0 spiro atoms. The molecule has 3 rings (SSSR count). The van der Waals surface area contributed by atoms with E-state index in [4.69, 9.17) is 0 Å². The second-order valence-electron chi connectivity index (χ2n) is 7.00. The fourth-order valence-electron chi connectivity index (χ4n) is 3.54. The van der Waals surface area contributed by atoms with E-state index in [1.165, 1.54) is 11.3 Å². The van der Waals surface area contributed by atoms with Gasteiger partial charge in [-0.3, -0.25) is 14.5 Å². The second kappa shape index (κ2) is 7.76. The van der Waals surface area contributed by atoms with Gasteiger partial charge in [-0.2, -0.15) is 0 Å². The molecule has 2 heterocycles. The first-order valence-electron chi connectivity index (χ1n) is 9.21. The Morgan fingerprint density at radius 2 is 2.08 bits per heavy atom. The number of rotatable bonds is 4. The van der Waals surface area contributed by atoms with Gasteiger partial charge in [0.05, 0.1) is 6.54 Å². The highest BCUT2D eigenvalue weighted by Gasteiger charge is 2.26. The van der Waals surface area contributed by atoms with Crippen molar-refractivity contribution in [2.45, 2.75) is 39.2 Å². The maximum absolute atomic E-state index is 12.8.